The molecule has 140 valence electrons. The van der Waals surface area contributed by atoms with Gasteiger partial charge in [0.2, 0.25) is 11.8 Å². The van der Waals surface area contributed by atoms with Crippen LogP contribution in [0.4, 0.5) is 28.8 Å². The number of hydrogen-bond donors (Lipinski definition) is 3. The molecule has 8 heteroatoms. The number of benzene rings is 1. The van der Waals surface area contributed by atoms with E-state index in [1.54, 1.807) is 24.2 Å². The molecule has 7 nitrogen and oxygen atoms in total. The van der Waals surface area contributed by atoms with Gasteiger partial charge in [0.15, 0.2) is 0 Å². The second kappa shape index (κ2) is 9.09. The van der Waals surface area contributed by atoms with Crippen LogP contribution in [0.3, 0.4) is 0 Å². The van der Waals surface area contributed by atoms with E-state index in [4.69, 9.17) is 10.5 Å². The van der Waals surface area contributed by atoms with Crippen molar-refractivity contribution in [2.24, 2.45) is 0 Å². The maximum absolute atomic E-state index is 5.83. The van der Waals surface area contributed by atoms with Crippen molar-refractivity contribution in [2.45, 2.75) is 6.92 Å². The van der Waals surface area contributed by atoms with Gasteiger partial charge in [-0.2, -0.15) is 16.7 Å². The predicted octanol–water partition coefficient (Wildman–Crippen LogP) is 3.99. The lowest BCUT2D eigenvalue weighted by molar-refractivity contribution is 0.330. The molecule has 0 atom stereocenters. The third-order valence-electron chi connectivity index (χ3n) is 3.65. The number of nitrogens with zero attached hydrogens (tertiary/aromatic N) is 3. The molecule has 27 heavy (non-hydrogen) atoms. The summed E-state index contributed by atoms with van der Waals surface area (Å²) in [6.45, 7) is 2.59. The van der Waals surface area contributed by atoms with Crippen molar-refractivity contribution in [1.29, 1.82) is 0 Å². The first-order valence-corrected chi connectivity index (χ1v) is 9.84. The van der Waals surface area contributed by atoms with E-state index < -0.39 is 0 Å². The predicted molar refractivity (Wildman–Crippen MR) is 112 cm³/mol. The molecule has 0 saturated heterocycles. The van der Waals surface area contributed by atoms with Crippen molar-refractivity contribution in [1.82, 2.24) is 15.0 Å². The Hall–Kier alpha value is -3.00. The van der Waals surface area contributed by atoms with Crippen LogP contribution in [-0.2, 0) is 0 Å². The minimum absolute atomic E-state index is 0.477. The number of nitrogens with two attached hydrogens (primary N) is 1. The van der Waals surface area contributed by atoms with E-state index in [0.717, 1.165) is 22.7 Å². The van der Waals surface area contributed by atoms with Gasteiger partial charge in [-0.3, -0.25) is 0 Å². The summed E-state index contributed by atoms with van der Waals surface area (Å²) in [4.78, 5) is 13.2. The van der Waals surface area contributed by atoms with Gasteiger partial charge in [0, 0.05) is 35.0 Å². The third-order valence-corrected chi connectivity index (χ3v) is 4.23. The Morgan fingerprint density at radius 1 is 1.07 bits per heavy atom. The minimum atomic E-state index is 0.477. The number of thioether (sulfide) groups is 1. The largest absolute Gasteiger partial charge is 0.477 e. The summed E-state index contributed by atoms with van der Waals surface area (Å²) in [5.74, 6) is 2.72. The van der Waals surface area contributed by atoms with Gasteiger partial charge in [-0.15, -0.1) is 0 Å². The number of rotatable bonds is 8. The van der Waals surface area contributed by atoms with Crippen LogP contribution in [0.1, 0.15) is 5.56 Å². The molecular weight excluding hydrogens is 360 g/mol. The van der Waals surface area contributed by atoms with Gasteiger partial charge < -0.3 is 21.1 Å². The Morgan fingerprint density at radius 2 is 1.96 bits per heavy atom. The summed E-state index contributed by atoms with van der Waals surface area (Å²) in [6, 6.07) is 11.2. The Labute approximate surface area is 162 Å². The Morgan fingerprint density at radius 3 is 2.70 bits per heavy atom. The third kappa shape index (κ3) is 5.49. The summed E-state index contributed by atoms with van der Waals surface area (Å²) in [7, 11) is 0. The summed E-state index contributed by atoms with van der Waals surface area (Å²) in [5.41, 5.74) is 9.10. The fourth-order valence-electron chi connectivity index (χ4n) is 2.28. The van der Waals surface area contributed by atoms with Crippen molar-refractivity contribution >= 4 is 40.6 Å². The maximum Gasteiger partial charge on any atom is 0.229 e. The lowest BCUT2D eigenvalue weighted by atomic mass is 10.2. The highest BCUT2D eigenvalue weighted by molar-refractivity contribution is 7.98. The quantitative estimate of drug-likeness (QED) is 0.397. The standard InChI is InChI=1S/C19H22N6OS/c1-13-11-22-19(25-18(13)23-15-5-3-4-14(20)10-15)24-16-6-7-17(21-12-16)26-8-9-27-2/h3-7,10-12H,8-9,20H2,1-2H3,(H2,22,23,24,25). The molecular formula is C19H22N6OS. The van der Waals surface area contributed by atoms with E-state index in [0.29, 0.717) is 29.9 Å². The highest BCUT2D eigenvalue weighted by Crippen LogP contribution is 2.22. The van der Waals surface area contributed by atoms with E-state index in [-0.39, 0.29) is 0 Å². The van der Waals surface area contributed by atoms with Crippen LogP contribution in [0, 0.1) is 6.92 Å². The number of pyridine rings is 1. The fraction of sp³-hybridized carbons (Fsp3) is 0.211. The van der Waals surface area contributed by atoms with Gasteiger partial charge in [0.05, 0.1) is 18.5 Å². The van der Waals surface area contributed by atoms with Crippen molar-refractivity contribution in [3.63, 3.8) is 0 Å². The number of aryl methyl sites for hydroxylation is 1. The minimum Gasteiger partial charge on any atom is -0.477 e. The number of anilines is 5. The SMILES string of the molecule is CSCCOc1ccc(Nc2ncc(C)c(Nc3cccc(N)c3)n2)cn1. The van der Waals surface area contributed by atoms with E-state index in [2.05, 4.69) is 25.6 Å². The van der Waals surface area contributed by atoms with Gasteiger partial charge in [0.25, 0.3) is 0 Å². The zero-order valence-corrected chi connectivity index (χ0v) is 16.1. The Bertz CT molecular complexity index is 888. The average molecular weight is 382 g/mol. The summed E-state index contributed by atoms with van der Waals surface area (Å²) >= 11 is 1.73. The summed E-state index contributed by atoms with van der Waals surface area (Å²) < 4.78 is 5.55. The van der Waals surface area contributed by atoms with Crippen LogP contribution in [-0.4, -0.2) is 33.6 Å². The van der Waals surface area contributed by atoms with Gasteiger partial charge in [-0.05, 0) is 37.4 Å². The highest BCUT2D eigenvalue weighted by atomic mass is 32.2. The molecule has 0 unspecified atom stereocenters. The number of nitrogen functional groups attached to an aromatic ring is 1. The van der Waals surface area contributed by atoms with Crippen molar-refractivity contribution in [3.8, 4) is 5.88 Å². The fourth-order valence-corrected chi connectivity index (χ4v) is 2.53. The first-order chi connectivity index (χ1) is 13.1. The molecule has 0 amide bonds. The van der Waals surface area contributed by atoms with Crippen molar-refractivity contribution < 1.29 is 4.74 Å². The first-order valence-electron chi connectivity index (χ1n) is 8.45. The van der Waals surface area contributed by atoms with Gasteiger partial charge in [-0.25, -0.2) is 9.97 Å². The van der Waals surface area contributed by atoms with Crippen LogP contribution in [0.15, 0.2) is 48.8 Å². The van der Waals surface area contributed by atoms with E-state index in [1.807, 2.05) is 49.6 Å². The van der Waals surface area contributed by atoms with Crippen LogP contribution < -0.4 is 21.1 Å². The number of nitrogens with one attached hydrogen (secondary N) is 2. The van der Waals surface area contributed by atoms with E-state index in [1.165, 1.54) is 0 Å². The summed E-state index contributed by atoms with van der Waals surface area (Å²) in [6.07, 6.45) is 5.50. The second-order valence-corrected chi connectivity index (χ2v) is 6.81. The molecule has 0 bridgehead atoms. The van der Waals surface area contributed by atoms with Crippen LogP contribution in [0.25, 0.3) is 0 Å². The molecule has 0 saturated carbocycles. The Kier molecular flexibility index (Phi) is 6.32. The molecule has 3 aromatic rings. The van der Waals surface area contributed by atoms with Gasteiger partial charge in [0.1, 0.15) is 5.82 Å². The molecule has 3 rings (SSSR count). The lowest BCUT2D eigenvalue weighted by Crippen LogP contribution is -2.04. The maximum atomic E-state index is 5.83. The topological polar surface area (TPSA) is 98.0 Å². The molecule has 2 heterocycles. The molecule has 2 aromatic heterocycles. The molecule has 4 N–H and O–H groups in total. The highest BCUT2D eigenvalue weighted by Gasteiger charge is 2.06. The molecule has 0 aliphatic rings. The monoisotopic (exact) mass is 382 g/mol. The Balaban J connectivity index is 1.68. The number of aromatic nitrogens is 3. The van der Waals surface area contributed by atoms with Crippen LogP contribution in [0.2, 0.25) is 0 Å². The molecule has 0 spiro atoms. The normalized spacial score (nSPS) is 10.4. The molecule has 0 radical (unpaired) electrons. The van der Waals surface area contributed by atoms with Crippen molar-refractivity contribution in [2.75, 3.05) is 35.0 Å². The molecule has 0 fully saturated rings. The zero-order valence-electron chi connectivity index (χ0n) is 15.3. The number of ether oxygens (including phenoxy) is 1. The van der Waals surface area contributed by atoms with Crippen LogP contribution in [0.5, 0.6) is 5.88 Å². The summed E-state index contributed by atoms with van der Waals surface area (Å²) in [5, 5.41) is 6.42. The van der Waals surface area contributed by atoms with Crippen LogP contribution >= 0.6 is 11.8 Å². The van der Waals surface area contributed by atoms with E-state index in [9.17, 15) is 0 Å². The zero-order chi connectivity index (χ0) is 19.1. The van der Waals surface area contributed by atoms with E-state index >= 15 is 0 Å². The second-order valence-electron chi connectivity index (χ2n) is 5.83. The molecule has 1 aromatic carbocycles. The van der Waals surface area contributed by atoms with Gasteiger partial charge in [-0.1, -0.05) is 6.07 Å². The van der Waals surface area contributed by atoms with Crippen molar-refractivity contribution in [3.05, 3.63) is 54.4 Å². The smallest absolute Gasteiger partial charge is 0.229 e. The number of hydrogen-bond acceptors (Lipinski definition) is 8. The molecule has 0 aliphatic heterocycles. The average Bonchev–Trinajstić information content (AvgIpc) is 2.66. The lowest BCUT2D eigenvalue weighted by Gasteiger charge is -2.11. The first kappa shape index (κ1) is 18.8. The van der Waals surface area contributed by atoms with Gasteiger partial charge >= 0.3 is 0 Å². The molecule has 0 aliphatic carbocycles.